The van der Waals surface area contributed by atoms with Gasteiger partial charge < -0.3 is 14.2 Å². The summed E-state index contributed by atoms with van der Waals surface area (Å²) in [5.74, 6) is 0.760. The Balaban J connectivity index is 2.69. The Morgan fingerprint density at radius 2 is 1.88 bits per heavy atom. The zero-order valence-corrected chi connectivity index (χ0v) is 10.3. The summed E-state index contributed by atoms with van der Waals surface area (Å²) in [7, 11) is 3.21. The summed E-state index contributed by atoms with van der Waals surface area (Å²) in [5, 5.41) is 9.08. The van der Waals surface area contributed by atoms with E-state index in [9.17, 15) is 0 Å². The quantitative estimate of drug-likeness (QED) is 0.759. The largest absolute Gasteiger partial charge is 0.497 e. The number of nitrogens with zero attached hydrogens (tertiary/aromatic N) is 1. The minimum absolute atomic E-state index is 0.119. The third kappa shape index (κ3) is 4.06. The molecule has 1 aromatic carbocycles. The second kappa shape index (κ2) is 6.89. The Morgan fingerprint density at radius 3 is 2.35 bits per heavy atom. The third-order valence-corrected chi connectivity index (χ3v) is 2.31. The van der Waals surface area contributed by atoms with E-state index in [0.29, 0.717) is 6.61 Å². The van der Waals surface area contributed by atoms with Crippen molar-refractivity contribution in [3.05, 3.63) is 29.8 Å². The van der Waals surface area contributed by atoms with Crippen molar-refractivity contribution in [2.24, 2.45) is 0 Å². The minimum atomic E-state index is -0.578. The van der Waals surface area contributed by atoms with Gasteiger partial charge in [0.2, 0.25) is 0 Å². The molecule has 0 bridgehead atoms. The van der Waals surface area contributed by atoms with E-state index in [-0.39, 0.29) is 6.10 Å². The van der Waals surface area contributed by atoms with Crippen LogP contribution in [0, 0.1) is 11.3 Å². The second-order valence-electron chi connectivity index (χ2n) is 3.68. The van der Waals surface area contributed by atoms with E-state index in [1.165, 1.54) is 0 Å². The standard InChI is InChI=1S/C13H17NO3/c1-10(9-15-2)17-13(8-14)11-4-6-12(16-3)7-5-11/h4-7,10,13H,9H2,1-3H3/t10?,13-/m0/s1. The van der Waals surface area contributed by atoms with Gasteiger partial charge in [-0.15, -0.1) is 0 Å². The molecular formula is C13H17NO3. The average molecular weight is 235 g/mol. The first-order chi connectivity index (χ1) is 8.21. The molecule has 0 amide bonds. The molecule has 0 aliphatic carbocycles. The fourth-order valence-corrected chi connectivity index (χ4v) is 1.47. The molecule has 0 aliphatic rings. The lowest BCUT2D eigenvalue weighted by Gasteiger charge is -2.17. The summed E-state index contributed by atoms with van der Waals surface area (Å²) in [6, 6.07) is 9.40. The van der Waals surface area contributed by atoms with Gasteiger partial charge in [-0.25, -0.2) is 0 Å². The Labute approximate surface area is 102 Å². The molecule has 0 heterocycles. The Kier molecular flexibility index (Phi) is 5.47. The molecule has 4 nitrogen and oxygen atoms in total. The van der Waals surface area contributed by atoms with Crippen molar-refractivity contribution in [3.8, 4) is 11.8 Å². The van der Waals surface area contributed by atoms with E-state index in [2.05, 4.69) is 6.07 Å². The first kappa shape index (κ1) is 13.5. The summed E-state index contributed by atoms with van der Waals surface area (Å²) in [5.41, 5.74) is 0.816. The van der Waals surface area contributed by atoms with Crippen molar-refractivity contribution in [3.63, 3.8) is 0 Å². The second-order valence-corrected chi connectivity index (χ2v) is 3.68. The van der Waals surface area contributed by atoms with Crippen LogP contribution in [0.15, 0.2) is 24.3 Å². The minimum Gasteiger partial charge on any atom is -0.497 e. The molecule has 1 aromatic rings. The Hall–Kier alpha value is -1.57. The van der Waals surface area contributed by atoms with Gasteiger partial charge in [-0.2, -0.15) is 5.26 Å². The van der Waals surface area contributed by atoms with Gasteiger partial charge in [-0.3, -0.25) is 0 Å². The lowest BCUT2D eigenvalue weighted by atomic mass is 10.1. The van der Waals surface area contributed by atoms with Crippen molar-refractivity contribution in [2.45, 2.75) is 19.1 Å². The molecule has 1 rings (SSSR count). The maximum absolute atomic E-state index is 9.08. The van der Waals surface area contributed by atoms with Crippen LogP contribution in [0.1, 0.15) is 18.6 Å². The van der Waals surface area contributed by atoms with Crippen molar-refractivity contribution in [2.75, 3.05) is 20.8 Å². The maximum atomic E-state index is 9.08. The Morgan fingerprint density at radius 1 is 1.24 bits per heavy atom. The van der Waals surface area contributed by atoms with Crippen molar-refractivity contribution in [1.82, 2.24) is 0 Å². The van der Waals surface area contributed by atoms with Crippen molar-refractivity contribution < 1.29 is 14.2 Å². The van der Waals surface area contributed by atoms with E-state index in [1.807, 2.05) is 31.2 Å². The molecule has 1 unspecified atom stereocenters. The smallest absolute Gasteiger partial charge is 0.169 e. The molecule has 4 heteroatoms. The van der Waals surface area contributed by atoms with Crippen LogP contribution in [-0.2, 0) is 9.47 Å². The van der Waals surface area contributed by atoms with Gasteiger partial charge in [0, 0.05) is 7.11 Å². The Bertz CT molecular complexity index is 369. The number of hydrogen-bond donors (Lipinski definition) is 0. The molecule has 0 radical (unpaired) electrons. The van der Waals surface area contributed by atoms with E-state index in [1.54, 1.807) is 14.2 Å². The number of methoxy groups -OCH3 is 2. The molecule has 2 atom stereocenters. The van der Waals surface area contributed by atoms with Gasteiger partial charge in [0.05, 0.1) is 25.9 Å². The van der Waals surface area contributed by atoms with Gasteiger partial charge in [0.25, 0.3) is 0 Å². The summed E-state index contributed by atoms with van der Waals surface area (Å²) in [6.07, 6.45) is -0.696. The lowest BCUT2D eigenvalue weighted by molar-refractivity contribution is -0.0176. The van der Waals surface area contributed by atoms with Crippen LogP contribution in [0.25, 0.3) is 0 Å². The molecular weight excluding hydrogens is 218 g/mol. The molecule has 0 spiro atoms. The first-order valence-electron chi connectivity index (χ1n) is 5.39. The fourth-order valence-electron chi connectivity index (χ4n) is 1.47. The SMILES string of the molecule is COCC(C)O[C@@H](C#N)c1ccc(OC)cc1. The highest BCUT2D eigenvalue weighted by atomic mass is 16.5. The van der Waals surface area contributed by atoms with Crippen LogP contribution < -0.4 is 4.74 Å². The third-order valence-electron chi connectivity index (χ3n) is 2.31. The number of nitriles is 1. The summed E-state index contributed by atoms with van der Waals surface area (Å²) in [4.78, 5) is 0. The summed E-state index contributed by atoms with van der Waals surface area (Å²) in [6.45, 7) is 2.34. The predicted molar refractivity (Wildman–Crippen MR) is 63.8 cm³/mol. The molecule has 0 saturated heterocycles. The highest BCUT2D eigenvalue weighted by Crippen LogP contribution is 2.21. The van der Waals surface area contributed by atoms with Gasteiger partial charge in [-0.1, -0.05) is 12.1 Å². The molecule has 0 N–H and O–H groups in total. The van der Waals surface area contributed by atoms with Gasteiger partial charge in [-0.05, 0) is 24.6 Å². The van der Waals surface area contributed by atoms with Gasteiger partial charge in [0.1, 0.15) is 5.75 Å². The maximum Gasteiger partial charge on any atom is 0.169 e. The number of ether oxygens (including phenoxy) is 3. The van der Waals surface area contributed by atoms with Gasteiger partial charge in [0.15, 0.2) is 6.10 Å². The predicted octanol–water partition coefficient (Wildman–Crippen LogP) is 2.31. The number of hydrogen-bond acceptors (Lipinski definition) is 4. The van der Waals surface area contributed by atoms with E-state index < -0.39 is 6.10 Å². The molecule has 0 fully saturated rings. The summed E-state index contributed by atoms with van der Waals surface area (Å²) < 4.78 is 15.6. The number of rotatable bonds is 6. The molecule has 0 saturated carbocycles. The topological polar surface area (TPSA) is 51.5 Å². The van der Waals surface area contributed by atoms with Crippen molar-refractivity contribution in [1.29, 1.82) is 5.26 Å². The monoisotopic (exact) mass is 235 g/mol. The highest BCUT2D eigenvalue weighted by Gasteiger charge is 2.14. The van der Waals surface area contributed by atoms with Crippen LogP contribution in [-0.4, -0.2) is 26.9 Å². The normalized spacial score (nSPS) is 13.8. The molecule has 17 heavy (non-hydrogen) atoms. The molecule has 92 valence electrons. The van der Waals surface area contributed by atoms with Gasteiger partial charge >= 0.3 is 0 Å². The van der Waals surface area contributed by atoms with E-state index >= 15 is 0 Å². The van der Waals surface area contributed by atoms with Crippen LogP contribution in [0.5, 0.6) is 5.75 Å². The van der Waals surface area contributed by atoms with E-state index in [4.69, 9.17) is 19.5 Å². The zero-order valence-electron chi connectivity index (χ0n) is 10.3. The average Bonchev–Trinajstić information content (AvgIpc) is 2.36. The summed E-state index contributed by atoms with van der Waals surface area (Å²) >= 11 is 0. The van der Waals surface area contributed by atoms with Crippen LogP contribution in [0.2, 0.25) is 0 Å². The highest BCUT2D eigenvalue weighted by molar-refractivity contribution is 5.30. The van der Waals surface area contributed by atoms with Crippen LogP contribution >= 0.6 is 0 Å². The van der Waals surface area contributed by atoms with Crippen LogP contribution in [0.3, 0.4) is 0 Å². The van der Waals surface area contributed by atoms with Crippen molar-refractivity contribution >= 4 is 0 Å². The van der Waals surface area contributed by atoms with Crippen LogP contribution in [0.4, 0.5) is 0 Å². The molecule has 0 aliphatic heterocycles. The van der Waals surface area contributed by atoms with E-state index in [0.717, 1.165) is 11.3 Å². The first-order valence-corrected chi connectivity index (χ1v) is 5.39. The zero-order chi connectivity index (χ0) is 12.7. The molecule has 0 aromatic heterocycles. The fraction of sp³-hybridized carbons (Fsp3) is 0.462. The number of benzene rings is 1. The lowest BCUT2D eigenvalue weighted by Crippen LogP contribution is -2.17.